The van der Waals surface area contributed by atoms with E-state index in [0.717, 1.165) is 36.5 Å². The molecule has 1 aromatic heterocycles. The van der Waals surface area contributed by atoms with Gasteiger partial charge in [-0.1, -0.05) is 6.42 Å². The molecule has 2 fully saturated rings. The van der Waals surface area contributed by atoms with Crippen molar-refractivity contribution >= 4 is 5.82 Å². The van der Waals surface area contributed by atoms with Gasteiger partial charge in [-0.25, -0.2) is 9.97 Å². The van der Waals surface area contributed by atoms with Crippen LogP contribution in [0.3, 0.4) is 0 Å². The number of hydrogen-bond acceptors (Lipinski definition) is 5. The highest BCUT2D eigenvalue weighted by Crippen LogP contribution is 2.21. The monoisotopic (exact) mass is 275 g/mol. The molecule has 2 aliphatic rings. The third-order valence-corrected chi connectivity index (χ3v) is 4.44. The van der Waals surface area contributed by atoms with E-state index < -0.39 is 0 Å². The second-order valence-electron chi connectivity index (χ2n) is 5.98. The fourth-order valence-electron chi connectivity index (χ4n) is 3.39. The van der Waals surface area contributed by atoms with Crippen LogP contribution in [0.2, 0.25) is 0 Å². The van der Waals surface area contributed by atoms with Crippen LogP contribution in [0.5, 0.6) is 0 Å². The number of piperidine rings is 1. The van der Waals surface area contributed by atoms with Crippen LogP contribution < -0.4 is 5.32 Å². The molecule has 1 N–H and O–H groups in total. The maximum absolute atomic E-state index is 4.57. The fraction of sp³-hybridized carbons (Fsp3) is 0.733. The molecule has 0 aliphatic carbocycles. The lowest BCUT2D eigenvalue weighted by atomic mass is 9.99. The van der Waals surface area contributed by atoms with Crippen LogP contribution in [-0.4, -0.2) is 59.0 Å². The Balaban J connectivity index is 1.64. The van der Waals surface area contributed by atoms with Gasteiger partial charge in [-0.2, -0.15) is 0 Å². The summed E-state index contributed by atoms with van der Waals surface area (Å²) in [7, 11) is 1.91. The number of rotatable bonds is 3. The van der Waals surface area contributed by atoms with Gasteiger partial charge in [-0.15, -0.1) is 0 Å². The van der Waals surface area contributed by atoms with Crippen molar-refractivity contribution in [2.45, 2.75) is 38.8 Å². The molecule has 20 heavy (non-hydrogen) atoms. The van der Waals surface area contributed by atoms with Gasteiger partial charge in [0, 0.05) is 44.5 Å². The summed E-state index contributed by atoms with van der Waals surface area (Å²) in [5.74, 6) is 1.86. The predicted molar refractivity (Wildman–Crippen MR) is 80.8 cm³/mol. The van der Waals surface area contributed by atoms with Crippen LogP contribution in [0.25, 0.3) is 0 Å². The van der Waals surface area contributed by atoms with Crippen LogP contribution in [0, 0.1) is 6.92 Å². The molecule has 3 rings (SSSR count). The lowest BCUT2D eigenvalue weighted by Gasteiger charge is -2.43. The van der Waals surface area contributed by atoms with E-state index in [0.29, 0.717) is 0 Å². The third kappa shape index (κ3) is 3.10. The van der Waals surface area contributed by atoms with Gasteiger partial charge in [0.1, 0.15) is 11.6 Å². The van der Waals surface area contributed by atoms with Crippen molar-refractivity contribution < 1.29 is 0 Å². The Hall–Kier alpha value is -1.20. The maximum Gasteiger partial charge on any atom is 0.144 e. The first kappa shape index (κ1) is 13.8. The van der Waals surface area contributed by atoms with E-state index in [-0.39, 0.29) is 0 Å². The minimum Gasteiger partial charge on any atom is -0.373 e. The Morgan fingerprint density at radius 2 is 2.15 bits per heavy atom. The predicted octanol–water partition coefficient (Wildman–Crippen LogP) is 1.50. The topological polar surface area (TPSA) is 44.3 Å². The Bertz CT molecular complexity index is 462. The molecule has 2 aliphatic heterocycles. The van der Waals surface area contributed by atoms with E-state index in [4.69, 9.17) is 0 Å². The molecule has 1 unspecified atom stereocenters. The number of aromatic nitrogens is 2. The maximum atomic E-state index is 4.57. The summed E-state index contributed by atoms with van der Waals surface area (Å²) in [6, 6.07) is 2.74. The summed E-state index contributed by atoms with van der Waals surface area (Å²) in [4.78, 5) is 14.3. The Morgan fingerprint density at radius 3 is 3.00 bits per heavy atom. The van der Waals surface area contributed by atoms with Crippen molar-refractivity contribution in [1.82, 2.24) is 19.8 Å². The number of nitrogens with one attached hydrogen (secondary N) is 1. The van der Waals surface area contributed by atoms with Crippen LogP contribution in [0.15, 0.2) is 6.07 Å². The summed E-state index contributed by atoms with van der Waals surface area (Å²) >= 11 is 0. The summed E-state index contributed by atoms with van der Waals surface area (Å²) in [5.41, 5.74) is 1.04. The largest absolute Gasteiger partial charge is 0.373 e. The normalized spacial score (nSPS) is 24.4. The summed E-state index contributed by atoms with van der Waals surface area (Å²) in [5, 5.41) is 3.11. The van der Waals surface area contributed by atoms with Crippen molar-refractivity contribution in [1.29, 1.82) is 0 Å². The van der Waals surface area contributed by atoms with E-state index in [2.05, 4.69) is 25.1 Å². The second kappa shape index (κ2) is 6.06. The van der Waals surface area contributed by atoms with Gasteiger partial charge in [-0.05, 0) is 26.3 Å². The number of nitrogens with zero attached hydrogens (tertiary/aromatic N) is 4. The van der Waals surface area contributed by atoms with Crippen LogP contribution in [0.4, 0.5) is 5.82 Å². The smallest absolute Gasteiger partial charge is 0.144 e. The van der Waals surface area contributed by atoms with Crippen molar-refractivity contribution in [3.05, 3.63) is 17.6 Å². The first-order valence-electron chi connectivity index (χ1n) is 7.73. The van der Waals surface area contributed by atoms with E-state index in [9.17, 15) is 0 Å². The second-order valence-corrected chi connectivity index (χ2v) is 5.98. The molecule has 1 atom stereocenters. The van der Waals surface area contributed by atoms with Gasteiger partial charge < -0.3 is 5.32 Å². The number of piperazine rings is 1. The Morgan fingerprint density at radius 1 is 1.25 bits per heavy atom. The molecule has 3 heterocycles. The van der Waals surface area contributed by atoms with Gasteiger partial charge in [0.2, 0.25) is 0 Å². The molecule has 2 saturated heterocycles. The third-order valence-electron chi connectivity index (χ3n) is 4.44. The van der Waals surface area contributed by atoms with Gasteiger partial charge in [-0.3, -0.25) is 9.80 Å². The summed E-state index contributed by atoms with van der Waals surface area (Å²) in [6.45, 7) is 7.72. The van der Waals surface area contributed by atoms with Crippen molar-refractivity contribution in [2.75, 3.05) is 38.5 Å². The Labute approximate surface area is 121 Å². The number of aryl methyl sites for hydroxylation is 1. The molecular weight excluding hydrogens is 250 g/mol. The van der Waals surface area contributed by atoms with Crippen molar-refractivity contribution in [3.63, 3.8) is 0 Å². The molecule has 0 bridgehead atoms. The average molecular weight is 275 g/mol. The first-order chi connectivity index (χ1) is 9.74. The van der Waals surface area contributed by atoms with Crippen molar-refractivity contribution in [2.24, 2.45) is 0 Å². The van der Waals surface area contributed by atoms with Gasteiger partial charge in [0.15, 0.2) is 0 Å². The zero-order chi connectivity index (χ0) is 13.9. The minimum absolute atomic E-state index is 0.756. The first-order valence-corrected chi connectivity index (χ1v) is 7.73. The highest BCUT2D eigenvalue weighted by atomic mass is 15.3. The van der Waals surface area contributed by atoms with Gasteiger partial charge in [0.25, 0.3) is 0 Å². The fourth-order valence-corrected chi connectivity index (χ4v) is 3.39. The number of fused-ring (bicyclic) bond motifs is 1. The van der Waals surface area contributed by atoms with E-state index in [1.165, 1.54) is 38.9 Å². The Kier molecular flexibility index (Phi) is 4.17. The molecule has 110 valence electrons. The van der Waals surface area contributed by atoms with E-state index >= 15 is 0 Å². The quantitative estimate of drug-likeness (QED) is 0.905. The van der Waals surface area contributed by atoms with Crippen LogP contribution >= 0.6 is 0 Å². The SMILES string of the molecule is CNc1cc(C)nc(CN2CCN3CCCCC3C2)n1. The summed E-state index contributed by atoms with van der Waals surface area (Å²) < 4.78 is 0. The highest BCUT2D eigenvalue weighted by molar-refractivity contribution is 5.34. The highest BCUT2D eigenvalue weighted by Gasteiger charge is 2.29. The summed E-state index contributed by atoms with van der Waals surface area (Å²) in [6.07, 6.45) is 4.12. The van der Waals surface area contributed by atoms with Gasteiger partial charge >= 0.3 is 0 Å². The standard InChI is InChI=1S/C15H25N5/c1-12-9-14(16-2)18-15(17-12)11-19-7-8-20-6-4-3-5-13(20)10-19/h9,13H,3-8,10-11H2,1-2H3,(H,16,17,18). The molecule has 0 radical (unpaired) electrons. The zero-order valence-electron chi connectivity index (χ0n) is 12.6. The molecule has 1 aromatic rings. The molecule has 0 saturated carbocycles. The van der Waals surface area contributed by atoms with E-state index in [1.807, 2.05) is 20.0 Å². The molecule has 5 heteroatoms. The molecule has 0 spiro atoms. The van der Waals surface area contributed by atoms with E-state index in [1.54, 1.807) is 0 Å². The molecular formula is C15H25N5. The van der Waals surface area contributed by atoms with Crippen LogP contribution in [-0.2, 0) is 6.54 Å². The molecule has 0 amide bonds. The van der Waals surface area contributed by atoms with Crippen molar-refractivity contribution in [3.8, 4) is 0 Å². The lowest BCUT2D eigenvalue weighted by molar-refractivity contribution is 0.0445. The minimum atomic E-state index is 0.756. The number of anilines is 1. The molecule has 0 aromatic carbocycles. The van der Waals surface area contributed by atoms with Crippen LogP contribution in [0.1, 0.15) is 30.8 Å². The number of hydrogen-bond donors (Lipinski definition) is 1. The zero-order valence-corrected chi connectivity index (χ0v) is 12.6. The van der Waals surface area contributed by atoms with Gasteiger partial charge in [0.05, 0.1) is 6.54 Å². The molecule has 5 nitrogen and oxygen atoms in total. The average Bonchev–Trinajstić information content (AvgIpc) is 2.46. The lowest BCUT2D eigenvalue weighted by Crippen LogP contribution is -2.54.